The van der Waals surface area contributed by atoms with E-state index in [-0.39, 0.29) is 10.8 Å². The maximum absolute atomic E-state index is 11.1. The Bertz CT molecular complexity index is 389. The number of hydrogen-bond donors (Lipinski definition) is 1. The van der Waals surface area contributed by atoms with E-state index in [1.807, 2.05) is 12.1 Å². The van der Waals surface area contributed by atoms with Gasteiger partial charge in [0.25, 0.3) is 0 Å². The molecule has 1 aromatic rings. The molecule has 3 nitrogen and oxygen atoms in total. The predicted molar refractivity (Wildman–Crippen MR) is 77.4 cm³/mol. The molecule has 0 aliphatic carbocycles. The van der Waals surface area contributed by atoms with E-state index in [2.05, 4.69) is 48.6 Å². The summed E-state index contributed by atoms with van der Waals surface area (Å²) in [4.78, 5) is 10.8. The second kappa shape index (κ2) is 6.66. The average molecular weight is 418 g/mol. The van der Waals surface area contributed by atoms with Gasteiger partial charge in [0, 0.05) is 20.8 Å². The number of halogens is 3. The summed E-state index contributed by atoms with van der Waals surface area (Å²) < 4.78 is 5.61. The molecule has 0 heterocycles. The highest BCUT2D eigenvalue weighted by Crippen LogP contribution is 2.22. The van der Waals surface area contributed by atoms with Gasteiger partial charge in [-0.3, -0.25) is 4.79 Å². The van der Waals surface area contributed by atoms with Gasteiger partial charge < -0.3 is 10.1 Å². The third-order valence-electron chi connectivity index (χ3n) is 1.86. The lowest BCUT2D eigenvalue weighted by Crippen LogP contribution is -2.24. The van der Waals surface area contributed by atoms with Crippen LogP contribution >= 0.6 is 50.1 Å². The number of esters is 1. The fraction of sp³-hybridized carbons (Fsp3) is 0.300. The Balaban J connectivity index is 2.58. The predicted octanol–water partition coefficient (Wildman–Crippen LogP) is 3.29. The molecule has 0 saturated carbocycles. The summed E-state index contributed by atoms with van der Waals surface area (Å²) in [6.07, 6.45) is 0. The highest BCUT2D eigenvalue weighted by molar-refractivity contribution is 14.1. The number of rotatable bonds is 4. The summed E-state index contributed by atoms with van der Waals surface area (Å²) in [6, 6.07) is 5.53. The molecule has 88 valence electrons. The summed E-state index contributed by atoms with van der Waals surface area (Å²) in [5, 5.41) is 3.83. The molecule has 1 N–H and O–H groups in total. The van der Waals surface area contributed by atoms with Crippen molar-refractivity contribution >= 4 is 61.8 Å². The maximum atomic E-state index is 11.1. The van der Waals surface area contributed by atoms with Crippen molar-refractivity contribution in [2.75, 3.05) is 19.0 Å². The SMILES string of the molecule is COC(=O)C(Br)CNc1ccc(Cl)cc1I. The number of anilines is 1. The van der Waals surface area contributed by atoms with Crippen LogP contribution in [0.5, 0.6) is 0 Å². The summed E-state index contributed by atoms with van der Waals surface area (Å²) in [7, 11) is 1.36. The molecule has 16 heavy (non-hydrogen) atoms. The Labute approximate surface area is 121 Å². The molecule has 0 bridgehead atoms. The molecule has 0 fully saturated rings. The monoisotopic (exact) mass is 417 g/mol. The first-order valence-corrected chi connectivity index (χ1v) is 6.82. The lowest BCUT2D eigenvalue weighted by Gasteiger charge is -2.11. The zero-order chi connectivity index (χ0) is 12.1. The minimum atomic E-state index is -0.357. The van der Waals surface area contributed by atoms with Gasteiger partial charge in [0.15, 0.2) is 0 Å². The number of methoxy groups -OCH3 is 1. The number of ether oxygens (including phenoxy) is 1. The molecule has 0 saturated heterocycles. The smallest absolute Gasteiger partial charge is 0.321 e. The first-order chi connectivity index (χ1) is 7.54. The molecule has 0 radical (unpaired) electrons. The van der Waals surface area contributed by atoms with Crippen molar-refractivity contribution < 1.29 is 9.53 Å². The van der Waals surface area contributed by atoms with E-state index in [1.54, 1.807) is 6.07 Å². The molecule has 1 atom stereocenters. The molecule has 0 spiro atoms. The van der Waals surface area contributed by atoms with E-state index in [1.165, 1.54) is 7.11 Å². The number of nitrogens with one attached hydrogen (secondary N) is 1. The highest BCUT2D eigenvalue weighted by Gasteiger charge is 2.14. The summed E-state index contributed by atoms with van der Waals surface area (Å²) >= 11 is 11.3. The Morgan fingerprint density at radius 2 is 2.38 bits per heavy atom. The van der Waals surface area contributed by atoms with Crippen molar-refractivity contribution in [1.82, 2.24) is 0 Å². The van der Waals surface area contributed by atoms with Crippen molar-refractivity contribution in [3.63, 3.8) is 0 Å². The van der Waals surface area contributed by atoms with Crippen LogP contribution in [0.15, 0.2) is 18.2 Å². The average Bonchev–Trinajstić information content (AvgIpc) is 2.26. The van der Waals surface area contributed by atoms with Gasteiger partial charge in [0.1, 0.15) is 4.83 Å². The van der Waals surface area contributed by atoms with Crippen molar-refractivity contribution in [2.45, 2.75) is 4.83 Å². The molecule has 1 rings (SSSR count). The molecule has 0 aromatic heterocycles. The van der Waals surface area contributed by atoms with Crippen LogP contribution in [0.25, 0.3) is 0 Å². The molecule has 0 amide bonds. The normalized spacial score (nSPS) is 12.0. The molecule has 1 aromatic carbocycles. The fourth-order valence-electron chi connectivity index (χ4n) is 1.04. The standard InChI is InChI=1S/C10H10BrClINO2/c1-16-10(15)7(11)5-14-9-3-2-6(12)4-8(9)13/h2-4,7,14H,5H2,1H3. The van der Waals surface area contributed by atoms with Crippen LogP contribution in [0.4, 0.5) is 5.69 Å². The van der Waals surface area contributed by atoms with E-state index >= 15 is 0 Å². The topological polar surface area (TPSA) is 38.3 Å². The number of carbonyl (C=O) groups is 1. The van der Waals surface area contributed by atoms with E-state index in [0.717, 1.165) is 9.26 Å². The summed E-state index contributed by atoms with van der Waals surface area (Å²) in [5.74, 6) is -0.295. The van der Waals surface area contributed by atoms with E-state index in [4.69, 9.17) is 11.6 Å². The molecular weight excluding hydrogens is 408 g/mol. The van der Waals surface area contributed by atoms with Gasteiger partial charge in [0.2, 0.25) is 0 Å². The first-order valence-electron chi connectivity index (χ1n) is 4.45. The summed E-state index contributed by atoms with van der Waals surface area (Å²) in [5.41, 5.74) is 0.943. The number of carbonyl (C=O) groups excluding carboxylic acids is 1. The third-order valence-corrected chi connectivity index (χ3v) is 3.68. The molecule has 0 aliphatic heterocycles. The van der Waals surface area contributed by atoms with Crippen LogP contribution in [-0.4, -0.2) is 24.5 Å². The Morgan fingerprint density at radius 1 is 1.69 bits per heavy atom. The van der Waals surface area contributed by atoms with Gasteiger partial charge in [-0.2, -0.15) is 0 Å². The fourth-order valence-corrected chi connectivity index (χ4v) is 2.45. The highest BCUT2D eigenvalue weighted by atomic mass is 127. The zero-order valence-electron chi connectivity index (χ0n) is 8.47. The largest absolute Gasteiger partial charge is 0.468 e. The minimum absolute atomic E-state index is 0.295. The van der Waals surface area contributed by atoms with Gasteiger partial charge >= 0.3 is 5.97 Å². The maximum Gasteiger partial charge on any atom is 0.321 e. The first kappa shape index (κ1) is 14.1. The Kier molecular flexibility index (Phi) is 5.85. The number of benzene rings is 1. The van der Waals surface area contributed by atoms with Gasteiger partial charge in [-0.15, -0.1) is 0 Å². The second-order valence-electron chi connectivity index (χ2n) is 3.00. The van der Waals surface area contributed by atoms with Crippen molar-refractivity contribution in [1.29, 1.82) is 0 Å². The van der Waals surface area contributed by atoms with Crippen LogP contribution in [-0.2, 0) is 9.53 Å². The van der Waals surface area contributed by atoms with Crippen molar-refractivity contribution in [3.8, 4) is 0 Å². The molecular formula is C10H10BrClINO2. The van der Waals surface area contributed by atoms with Gasteiger partial charge in [-0.05, 0) is 40.8 Å². The van der Waals surface area contributed by atoms with Gasteiger partial charge in [0.05, 0.1) is 7.11 Å². The lowest BCUT2D eigenvalue weighted by atomic mass is 10.3. The third kappa shape index (κ3) is 4.10. The molecule has 0 aliphatic rings. The lowest BCUT2D eigenvalue weighted by molar-refractivity contribution is -0.139. The Morgan fingerprint density at radius 3 is 2.94 bits per heavy atom. The summed E-state index contributed by atoms with van der Waals surface area (Å²) in [6.45, 7) is 0.463. The van der Waals surface area contributed by atoms with Crippen LogP contribution in [0, 0.1) is 3.57 Å². The number of hydrogen-bond acceptors (Lipinski definition) is 3. The minimum Gasteiger partial charge on any atom is -0.468 e. The number of alkyl halides is 1. The van der Waals surface area contributed by atoms with E-state index < -0.39 is 0 Å². The molecule has 1 unspecified atom stereocenters. The van der Waals surface area contributed by atoms with Crippen molar-refractivity contribution in [3.05, 3.63) is 26.8 Å². The van der Waals surface area contributed by atoms with Crippen LogP contribution in [0.1, 0.15) is 0 Å². The molecule has 6 heteroatoms. The zero-order valence-corrected chi connectivity index (χ0v) is 13.0. The van der Waals surface area contributed by atoms with Gasteiger partial charge in [-0.1, -0.05) is 27.5 Å². The Hall–Kier alpha value is -0.0100. The van der Waals surface area contributed by atoms with Crippen LogP contribution < -0.4 is 5.32 Å². The van der Waals surface area contributed by atoms with Gasteiger partial charge in [-0.25, -0.2) is 0 Å². The van der Waals surface area contributed by atoms with Crippen molar-refractivity contribution in [2.24, 2.45) is 0 Å². The van der Waals surface area contributed by atoms with E-state index in [9.17, 15) is 4.79 Å². The quantitative estimate of drug-likeness (QED) is 0.463. The second-order valence-corrected chi connectivity index (χ2v) is 5.70. The van der Waals surface area contributed by atoms with E-state index in [0.29, 0.717) is 11.6 Å². The van der Waals surface area contributed by atoms with Crippen LogP contribution in [0.3, 0.4) is 0 Å². The van der Waals surface area contributed by atoms with Crippen LogP contribution in [0.2, 0.25) is 5.02 Å².